The van der Waals surface area contributed by atoms with Crippen LogP contribution in [-0.4, -0.2) is 54.6 Å². The topological polar surface area (TPSA) is 82.7 Å². The zero-order valence-corrected chi connectivity index (χ0v) is 18.1. The second-order valence-electron chi connectivity index (χ2n) is 8.74. The molecule has 29 heavy (non-hydrogen) atoms. The number of likely N-dealkylation sites (N-methyl/N-ethyl adjacent to an activating group) is 1. The van der Waals surface area contributed by atoms with Gasteiger partial charge in [0, 0.05) is 37.3 Å². The molecule has 2 atom stereocenters. The van der Waals surface area contributed by atoms with Crippen LogP contribution in [0, 0.1) is 5.41 Å². The Morgan fingerprint density at radius 3 is 2.62 bits per heavy atom. The maximum Gasteiger partial charge on any atom is 0.258 e. The molecule has 1 aromatic carbocycles. The van der Waals surface area contributed by atoms with E-state index < -0.39 is 0 Å². The van der Waals surface area contributed by atoms with Gasteiger partial charge in [-0.05, 0) is 44.7 Å². The Bertz CT molecular complexity index is 814. The molecule has 1 aliphatic heterocycles. The molecule has 4 fully saturated rings. The van der Waals surface area contributed by atoms with Gasteiger partial charge < -0.3 is 15.4 Å². The number of hydrogen-bond donors (Lipinski definition) is 3. The van der Waals surface area contributed by atoms with Crippen LogP contribution in [-0.2, 0) is 9.59 Å². The summed E-state index contributed by atoms with van der Waals surface area (Å²) in [6, 6.07) is 5.62. The fourth-order valence-corrected chi connectivity index (χ4v) is 5.19. The maximum absolute atomic E-state index is 12.6. The molecular weight excluding hydrogens is 415 g/mol. The lowest BCUT2D eigenvalue weighted by Gasteiger charge is -2.69. The smallest absolute Gasteiger partial charge is 0.258 e. The van der Waals surface area contributed by atoms with E-state index in [2.05, 4.69) is 28.0 Å². The van der Waals surface area contributed by atoms with Crippen molar-refractivity contribution in [1.29, 1.82) is 0 Å². The van der Waals surface area contributed by atoms with Gasteiger partial charge in [-0.1, -0.05) is 23.2 Å². The van der Waals surface area contributed by atoms with Gasteiger partial charge in [-0.3, -0.25) is 15.0 Å². The van der Waals surface area contributed by atoms with Gasteiger partial charge in [0.2, 0.25) is 5.91 Å². The number of amides is 2. The van der Waals surface area contributed by atoms with Crippen molar-refractivity contribution in [2.75, 3.05) is 20.2 Å². The molecule has 7 nitrogen and oxygen atoms in total. The molecule has 3 N–H and O–H groups in total. The van der Waals surface area contributed by atoms with Crippen LogP contribution in [0.25, 0.3) is 0 Å². The number of nitrogens with zero attached hydrogens (tertiary/aromatic N) is 1. The molecule has 5 rings (SSSR count). The SMILES string of the molecule is CC1CC(CNC(=O)C23CC(NC(=O)COc4ccc(Cl)c(Cl)c4)(C2)C3)N(C)N1. The lowest BCUT2D eigenvalue weighted by atomic mass is 9.39. The van der Waals surface area contributed by atoms with E-state index in [-0.39, 0.29) is 29.4 Å². The lowest BCUT2D eigenvalue weighted by molar-refractivity contribution is -0.184. The highest BCUT2D eigenvalue weighted by Gasteiger charge is 2.72. The van der Waals surface area contributed by atoms with Crippen molar-refractivity contribution in [2.24, 2.45) is 5.41 Å². The summed E-state index contributed by atoms with van der Waals surface area (Å²) < 4.78 is 5.48. The Balaban J connectivity index is 1.19. The first-order valence-electron chi connectivity index (χ1n) is 9.87. The molecule has 0 radical (unpaired) electrons. The Kier molecular flexibility index (Phi) is 5.44. The van der Waals surface area contributed by atoms with Crippen LogP contribution in [0.3, 0.4) is 0 Å². The minimum absolute atomic E-state index is 0.0991. The summed E-state index contributed by atoms with van der Waals surface area (Å²) in [6.07, 6.45) is 3.10. The van der Waals surface area contributed by atoms with Crippen LogP contribution in [0.4, 0.5) is 0 Å². The first-order valence-corrected chi connectivity index (χ1v) is 10.6. The first kappa shape index (κ1) is 20.7. The average Bonchev–Trinajstić information content (AvgIpc) is 2.93. The van der Waals surface area contributed by atoms with Gasteiger partial charge in [0.1, 0.15) is 5.75 Å². The van der Waals surface area contributed by atoms with Crippen molar-refractivity contribution in [2.45, 2.75) is 50.2 Å². The van der Waals surface area contributed by atoms with Gasteiger partial charge in [-0.2, -0.15) is 0 Å². The number of carbonyl (C=O) groups is 2. The van der Waals surface area contributed by atoms with Crippen molar-refractivity contribution < 1.29 is 14.3 Å². The maximum atomic E-state index is 12.6. The lowest BCUT2D eigenvalue weighted by Crippen LogP contribution is -2.78. The van der Waals surface area contributed by atoms with E-state index in [0.717, 1.165) is 6.42 Å². The minimum Gasteiger partial charge on any atom is -0.484 e. The van der Waals surface area contributed by atoms with Crippen LogP contribution >= 0.6 is 23.2 Å². The summed E-state index contributed by atoms with van der Waals surface area (Å²) in [5, 5.41) is 9.01. The molecule has 4 aliphatic rings. The van der Waals surface area contributed by atoms with Crippen LogP contribution in [0.2, 0.25) is 10.0 Å². The Labute approximate surface area is 180 Å². The van der Waals surface area contributed by atoms with Gasteiger partial charge in [-0.15, -0.1) is 0 Å². The van der Waals surface area contributed by atoms with Crippen molar-refractivity contribution in [3.63, 3.8) is 0 Å². The third-order valence-corrected chi connectivity index (χ3v) is 7.01. The highest BCUT2D eigenvalue weighted by molar-refractivity contribution is 6.42. The number of carbonyl (C=O) groups excluding carboxylic acids is 2. The van der Waals surface area contributed by atoms with Gasteiger partial charge >= 0.3 is 0 Å². The van der Waals surface area contributed by atoms with E-state index in [9.17, 15) is 9.59 Å². The number of nitrogens with one attached hydrogen (secondary N) is 3. The van der Waals surface area contributed by atoms with Crippen molar-refractivity contribution in [1.82, 2.24) is 21.1 Å². The Morgan fingerprint density at radius 2 is 2.00 bits per heavy atom. The third-order valence-electron chi connectivity index (χ3n) is 6.27. The molecule has 0 spiro atoms. The largest absolute Gasteiger partial charge is 0.484 e. The van der Waals surface area contributed by atoms with E-state index in [1.807, 2.05) is 7.05 Å². The Hall–Kier alpha value is -1.54. The highest BCUT2D eigenvalue weighted by atomic mass is 35.5. The molecule has 158 valence electrons. The molecule has 9 heteroatoms. The van der Waals surface area contributed by atoms with Gasteiger partial charge in [0.15, 0.2) is 6.61 Å². The summed E-state index contributed by atoms with van der Waals surface area (Å²) in [5.41, 5.74) is 2.77. The number of ether oxygens (including phenoxy) is 1. The second kappa shape index (κ2) is 7.61. The van der Waals surface area contributed by atoms with Crippen LogP contribution in [0.5, 0.6) is 5.75 Å². The standard InChI is InChI=1S/C20H26Cl2N4O3/c1-12-5-13(26(2)25-12)7-23-18(28)19-9-20(10-19,11-19)24-17(27)8-29-14-3-4-15(21)16(22)6-14/h3-4,6,12-13,25H,5,7-11H2,1-2H3,(H,23,28)(H,24,27). The molecule has 1 aromatic rings. The summed E-state index contributed by atoms with van der Waals surface area (Å²) in [4.78, 5) is 24.9. The van der Waals surface area contributed by atoms with E-state index in [1.54, 1.807) is 18.2 Å². The zero-order chi connectivity index (χ0) is 20.8. The predicted octanol–water partition coefficient (Wildman–Crippen LogP) is 2.12. The fourth-order valence-electron chi connectivity index (χ4n) is 4.90. The molecular formula is C20H26Cl2N4O3. The normalized spacial score (nSPS) is 32.8. The quantitative estimate of drug-likeness (QED) is 0.604. The molecule has 3 aliphatic carbocycles. The molecule has 2 unspecified atom stereocenters. The predicted molar refractivity (Wildman–Crippen MR) is 111 cm³/mol. The summed E-state index contributed by atoms with van der Waals surface area (Å²) in [6.45, 7) is 2.68. The highest BCUT2D eigenvalue weighted by Crippen LogP contribution is 2.67. The number of halogens is 2. The summed E-state index contributed by atoms with van der Waals surface area (Å²) in [7, 11) is 2.01. The van der Waals surface area contributed by atoms with Crippen LogP contribution in [0.1, 0.15) is 32.6 Å². The van der Waals surface area contributed by atoms with Crippen molar-refractivity contribution >= 4 is 35.0 Å². The Morgan fingerprint density at radius 1 is 1.28 bits per heavy atom. The minimum atomic E-state index is -0.311. The van der Waals surface area contributed by atoms with Crippen molar-refractivity contribution in [3.8, 4) is 5.75 Å². The van der Waals surface area contributed by atoms with Crippen LogP contribution < -0.4 is 20.8 Å². The average molecular weight is 441 g/mol. The fraction of sp³-hybridized carbons (Fsp3) is 0.600. The second-order valence-corrected chi connectivity index (χ2v) is 9.56. The van der Waals surface area contributed by atoms with Gasteiger partial charge in [-0.25, -0.2) is 5.01 Å². The zero-order valence-electron chi connectivity index (χ0n) is 16.6. The van der Waals surface area contributed by atoms with Crippen LogP contribution in [0.15, 0.2) is 18.2 Å². The number of rotatable bonds is 7. The van der Waals surface area contributed by atoms with E-state index in [4.69, 9.17) is 27.9 Å². The van der Waals surface area contributed by atoms with Gasteiger partial charge in [0.25, 0.3) is 5.91 Å². The monoisotopic (exact) mass is 440 g/mol. The third kappa shape index (κ3) is 4.06. The molecule has 0 aromatic heterocycles. The number of benzene rings is 1. The van der Waals surface area contributed by atoms with Crippen molar-refractivity contribution in [3.05, 3.63) is 28.2 Å². The first-order chi connectivity index (χ1) is 13.7. The van der Waals surface area contributed by atoms with Gasteiger partial charge in [0.05, 0.1) is 15.5 Å². The van der Waals surface area contributed by atoms with E-state index >= 15 is 0 Å². The molecule has 2 bridgehead atoms. The van der Waals surface area contributed by atoms with E-state index in [0.29, 0.717) is 53.7 Å². The molecule has 1 saturated heterocycles. The number of hydrazine groups is 1. The summed E-state index contributed by atoms with van der Waals surface area (Å²) in [5.74, 6) is 0.398. The molecule has 1 heterocycles. The summed E-state index contributed by atoms with van der Waals surface area (Å²) >= 11 is 11.8. The number of hydrogen-bond acceptors (Lipinski definition) is 5. The van der Waals surface area contributed by atoms with E-state index in [1.165, 1.54) is 0 Å². The molecule has 3 saturated carbocycles. The molecule has 2 amide bonds.